The van der Waals surface area contributed by atoms with Crippen LogP contribution in [-0.2, 0) is 6.61 Å². The van der Waals surface area contributed by atoms with Crippen molar-refractivity contribution in [1.29, 1.82) is 5.26 Å². The van der Waals surface area contributed by atoms with E-state index in [4.69, 9.17) is 28.0 Å². The van der Waals surface area contributed by atoms with E-state index in [2.05, 4.69) is 0 Å². The lowest BCUT2D eigenvalue weighted by Gasteiger charge is -2.09. The predicted octanol–water partition coefficient (Wildman–Crippen LogP) is 3.60. The SMILES string of the molecule is N#C/C(=C/c1ccccc1OCc1ccc(F)cc1)C(N)=S. The van der Waals surface area contributed by atoms with E-state index in [0.717, 1.165) is 5.56 Å². The zero-order valence-electron chi connectivity index (χ0n) is 11.6. The fraction of sp³-hybridized carbons (Fsp3) is 0.0588. The summed E-state index contributed by atoms with van der Waals surface area (Å²) in [4.78, 5) is 0.0378. The summed E-state index contributed by atoms with van der Waals surface area (Å²) in [5.74, 6) is 0.304. The molecule has 0 aliphatic rings. The second kappa shape index (κ2) is 7.34. The summed E-state index contributed by atoms with van der Waals surface area (Å²) in [5, 5.41) is 9.02. The standard InChI is InChI=1S/C17H13FN2OS/c18-15-7-5-12(6-8-15)11-21-16-4-2-1-3-13(16)9-14(10-19)17(20)22/h1-9H,11H2,(H2,20,22)/b14-9-. The van der Waals surface area contributed by atoms with Crippen LogP contribution in [-0.4, -0.2) is 4.99 Å². The van der Waals surface area contributed by atoms with Crippen molar-refractivity contribution < 1.29 is 9.13 Å². The Morgan fingerprint density at radius 2 is 1.91 bits per heavy atom. The van der Waals surface area contributed by atoms with Crippen LogP contribution in [0.1, 0.15) is 11.1 Å². The Balaban J connectivity index is 2.20. The van der Waals surface area contributed by atoms with Gasteiger partial charge in [-0.1, -0.05) is 42.5 Å². The molecule has 3 nitrogen and oxygen atoms in total. The third-order valence-electron chi connectivity index (χ3n) is 2.91. The Bertz CT molecular complexity index is 748. The van der Waals surface area contributed by atoms with Crippen molar-refractivity contribution in [1.82, 2.24) is 0 Å². The minimum absolute atomic E-state index is 0.0378. The van der Waals surface area contributed by atoms with Crippen LogP contribution in [0.3, 0.4) is 0 Å². The Kier molecular flexibility index (Phi) is 5.23. The molecule has 2 N–H and O–H groups in total. The molecule has 0 saturated carbocycles. The number of nitrogens with two attached hydrogens (primary N) is 1. The molecule has 22 heavy (non-hydrogen) atoms. The summed E-state index contributed by atoms with van der Waals surface area (Å²) >= 11 is 4.82. The maximum atomic E-state index is 12.9. The maximum absolute atomic E-state index is 12.9. The fourth-order valence-corrected chi connectivity index (χ4v) is 1.89. The zero-order valence-corrected chi connectivity index (χ0v) is 12.4. The van der Waals surface area contributed by atoms with Crippen molar-refractivity contribution in [3.8, 4) is 11.8 Å². The number of halogens is 1. The highest BCUT2D eigenvalue weighted by Gasteiger charge is 2.05. The van der Waals surface area contributed by atoms with Gasteiger partial charge in [0.2, 0.25) is 0 Å². The van der Waals surface area contributed by atoms with Crippen LogP contribution in [0.5, 0.6) is 5.75 Å². The van der Waals surface area contributed by atoms with Gasteiger partial charge in [-0.15, -0.1) is 0 Å². The smallest absolute Gasteiger partial charge is 0.127 e. The first kappa shape index (κ1) is 15.7. The normalized spacial score (nSPS) is 10.8. The number of hydrogen-bond donors (Lipinski definition) is 1. The van der Waals surface area contributed by atoms with Gasteiger partial charge in [-0.05, 0) is 29.8 Å². The quantitative estimate of drug-likeness (QED) is 0.520. The molecule has 0 fully saturated rings. The third-order valence-corrected chi connectivity index (χ3v) is 3.13. The van der Waals surface area contributed by atoms with Gasteiger partial charge in [-0.25, -0.2) is 4.39 Å². The molecule has 0 saturated heterocycles. The molecule has 0 aliphatic carbocycles. The number of thiocarbonyl (C=S) groups is 1. The van der Waals surface area contributed by atoms with Gasteiger partial charge < -0.3 is 10.5 Å². The van der Waals surface area contributed by atoms with E-state index in [-0.39, 0.29) is 16.4 Å². The van der Waals surface area contributed by atoms with Crippen LogP contribution < -0.4 is 10.5 Å². The van der Waals surface area contributed by atoms with Crippen LogP contribution in [0.25, 0.3) is 6.08 Å². The van der Waals surface area contributed by atoms with Gasteiger partial charge in [0.1, 0.15) is 29.2 Å². The van der Waals surface area contributed by atoms with Gasteiger partial charge in [0.05, 0.1) is 5.57 Å². The van der Waals surface area contributed by atoms with E-state index in [1.165, 1.54) is 12.1 Å². The van der Waals surface area contributed by atoms with Crippen LogP contribution >= 0.6 is 12.2 Å². The Morgan fingerprint density at radius 3 is 2.55 bits per heavy atom. The van der Waals surface area contributed by atoms with E-state index >= 15 is 0 Å². The predicted molar refractivity (Wildman–Crippen MR) is 87.5 cm³/mol. The molecule has 0 bridgehead atoms. The molecule has 0 heterocycles. The molecular formula is C17H13FN2OS. The van der Waals surface area contributed by atoms with Crippen LogP contribution in [0, 0.1) is 17.1 Å². The number of rotatable bonds is 5. The number of benzene rings is 2. The average molecular weight is 312 g/mol. The minimum Gasteiger partial charge on any atom is -0.488 e. The number of nitriles is 1. The molecule has 0 aromatic heterocycles. The summed E-state index contributed by atoms with van der Waals surface area (Å²) in [6.45, 7) is 0.292. The maximum Gasteiger partial charge on any atom is 0.127 e. The summed E-state index contributed by atoms with van der Waals surface area (Å²) in [6, 6.07) is 15.3. The van der Waals surface area contributed by atoms with Crippen molar-refractivity contribution in [3.63, 3.8) is 0 Å². The number of nitrogens with zero attached hydrogens (tertiary/aromatic N) is 1. The van der Waals surface area contributed by atoms with Gasteiger partial charge >= 0.3 is 0 Å². The van der Waals surface area contributed by atoms with E-state index < -0.39 is 0 Å². The molecule has 0 amide bonds. The first-order valence-corrected chi connectivity index (χ1v) is 6.89. The summed E-state index contributed by atoms with van der Waals surface area (Å²) in [5.41, 5.74) is 7.25. The molecule has 0 radical (unpaired) electrons. The highest BCUT2D eigenvalue weighted by Crippen LogP contribution is 2.22. The van der Waals surface area contributed by atoms with Gasteiger partial charge in [-0.2, -0.15) is 5.26 Å². The van der Waals surface area contributed by atoms with Crippen LogP contribution in [0.2, 0.25) is 0 Å². The van der Waals surface area contributed by atoms with E-state index in [9.17, 15) is 4.39 Å². The molecule has 2 rings (SSSR count). The van der Waals surface area contributed by atoms with Gasteiger partial charge in [0, 0.05) is 5.56 Å². The van der Waals surface area contributed by atoms with E-state index in [1.54, 1.807) is 30.3 Å². The minimum atomic E-state index is -0.290. The van der Waals surface area contributed by atoms with Crippen molar-refractivity contribution in [3.05, 3.63) is 71.0 Å². The Morgan fingerprint density at radius 1 is 1.23 bits per heavy atom. The molecule has 0 aliphatic heterocycles. The molecule has 110 valence electrons. The number of ether oxygens (including phenoxy) is 1. The van der Waals surface area contributed by atoms with Crippen molar-refractivity contribution in [2.24, 2.45) is 5.73 Å². The molecule has 5 heteroatoms. The molecule has 2 aromatic carbocycles. The largest absolute Gasteiger partial charge is 0.488 e. The third kappa shape index (κ3) is 4.14. The molecular weight excluding hydrogens is 299 g/mol. The first-order valence-electron chi connectivity index (χ1n) is 6.48. The Labute approximate surface area is 133 Å². The molecule has 2 aromatic rings. The summed E-state index contributed by atoms with van der Waals surface area (Å²) in [7, 11) is 0. The van der Waals surface area contributed by atoms with Crippen LogP contribution in [0.4, 0.5) is 4.39 Å². The number of hydrogen-bond acceptors (Lipinski definition) is 3. The van der Waals surface area contributed by atoms with Gasteiger partial charge in [0.15, 0.2) is 0 Å². The lowest BCUT2D eigenvalue weighted by atomic mass is 10.1. The van der Waals surface area contributed by atoms with Crippen molar-refractivity contribution >= 4 is 23.3 Å². The molecule has 0 unspecified atom stereocenters. The molecule has 0 spiro atoms. The van der Waals surface area contributed by atoms with Gasteiger partial charge in [0.25, 0.3) is 0 Å². The van der Waals surface area contributed by atoms with Crippen molar-refractivity contribution in [2.75, 3.05) is 0 Å². The summed E-state index contributed by atoms with van der Waals surface area (Å²) in [6.07, 6.45) is 1.59. The highest BCUT2D eigenvalue weighted by molar-refractivity contribution is 7.80. The fourth-order valence-electron chi connectivity index (χ4n) is 1.79. The second-order valence-corrected chi connectivity index (χ2v) is 4.93. The van der Waals surface area contributed by atoms with Crippen molar-refractivity contribution in [2.45, 2.75) is 6.61 Å². The zero-order chi connectivity index (χ0) is 15.9. The lowest BCUT2D eigenvalue weighted by Crippen LogP contribution is -2.09. The van der Waals surface area contributed by atoms with E-state index in [0.29, 0.717) is 17.9 Å². The Hall–Kier alpha value is -2.71. The first-order chi connectivity index (χ1) is 10.6. The average Bonchev–Trinajstić information content (AvgIpc) is 2.52. The van der Waals surface area contributed by atoms with Crippen LogP contribution in [0.15, 0.2) is 54.1 Å². The summed E-state index contributed by atoms with van der Waals surface area (Å²) < 4.78 is 18.6. The second-order valence-electron chi connectivity index (χ2n) is 4.49. The molecule has 0 atom stereocenters. The monoisotopic (exact) mass is 312 g/mol. The number of para-hydroxylation sites is 1. The topological polar surface area (TPSA) is 59.0 Å². The van der Waals surface area contributed by atoms with Gasteiger partial charge in [-0.3, -0.25) is 0 Å². The van der Waals surface area contributed by atoms with E-state index in [1.807, 2.05) is 18.2 Å². The lowest BCUT2D eigenvalue weighted by molar-refractivity contribution is 0.305. The highest BCUT2D eigenvalue weighted by atomic mass is 32.1.